The van der Waals surface area contributed by atoms with E-state index in [4.69, 9.17) is 5.73 Å². The lowest BCUT2D eigenvalue weighted by molar-refractivity contribution is -0.140. The smallest absolute Gasteiger partial charge is 0.399 e. The Morgan fingerprint density at radius 2 is 1.89 bits per heavy atom. The Bertz CT molecular complexity index is 605. The Kier molecular flexibility index (Phi) is 3.40. The predicted molar refractivity (Wildman–Crippen MR) is 70.7 cm³/mol. The van der Waals surface area contributed by atoms with Crippen LogP contribution in [0.2, 0.25) is 0 Å². The Morgan fingerprint density at radius 3 is 2.47 bits per heavy atom. The maximum absolute atomic E-state index is 12.4. The van der Waals surface area contributed by atoms with Gasteiger partial charge in [-0.3, -0.25) is 0 Å². The summed E-state index contributed by atoms with van der Waals surface area (Å²) in [5, 5.41) is 4.08. The first kappa shape index (κ1) is 13.7. The van der Waals surface area contributed by atoms with E-state index in [1.807, 2.05) is 13.8 Å². The summed E-state index contributed by atoms with van der Waals surface area (Å²) in [5.74, 6) is 0. The number of nitrogens with zero attached hydrogens (tertiary/aromatic N) is 1. The third-order valence-corrected chi connectivity index (χ3v) is 3.62. The highest BCUT2D eigenvalue weighted by Crippen LogP contribution is 2.33. The Balaban J connectivity index is 2.27. The first-order chi connectivity index (χ1) is 8.79. The molecular formula is C12H12F3N3S. The van der Waals surface area contributed by atoms with Crippen LogP contribution in [0, 0.1) is 13.8 Å². The average molecular weight is 287 g/mol. The SMILES string of the molecule is Cc1c(N)ccc(Nc2nc(C(F)(F)F)cs2)c1C. The lowest BCUT2D eigenvalue weighted by Crippen LogP contribution is -2.05. The summed E-state index contributed by atoms with van der Waals surface area (Å²) < 4.78 is 37.3. The second-order valence-electron chi connectivity index (χ2n) is 4.11. The summed E-state index contributed by atoms with van der Waals surface area (Å²) >= 11 is 0.917. The highest BCUT2D eigenvalue weighted by Gasteiger charge is 2.33. The van der Waals surface area contributed by atoms with Crippen molar-refractivity contribution in [1.29, 1.82) is 0 Å². The third-order valence-electron chi connectivity index (χ3n) is 2.87. The molecule has 0 saturated carbocycles. The van der Waals surface area contributed by atoms with Gasteiger partial charge in [0.2, 0.25) is 0 Å². The normalized spacial score (nSPS) is 11.6. The van der Waals surface area contributed by atoms with Crippen molar-refractivity contribution in [3.05, 3.63) is 34.3 Å². The van der Waals surface area contributed by atoms with Crippen molar-refractivity contribution < 1.29 is 13.2 Å². The van der Waals surface area contributed by atoms with Crippen LogP contribution in [0.1, 0.15) is 16.8 Å². The van der Waals surface area contributed by atoms with Gasteiger partial charge in [-0.15, -0.1) is 11.3 Å². The average Bonchev–Trinajstić information content (AvgIpc) is 2.78. The Labute approximate surface area is 112 Å². The molecule has 2 aromatic rings. The molecule has 0 spiro atoms. The summed E-state index contributed by atoms with van der Waals surface area (Å²) in [6, 6.07) is 3.44. The number of thiazole rings is 1. The maximum atomic E-state index is 12.4. The fraction of sp³-hybridized carbons (Fsp3) is 0.250. The molecule has 7 heteroatoms. The van der Waals surface area contributed by atoms with E-state index in [0.717, 1.165) is 27.8 Å². The van der Waals surface area contributed by atoms with Gasteiger partial charge in [-0.25, -0.2) is 4.98 Å². The molecule has 19 heavy (non-hydrogen) atoms. The van der Waals surface area contributed by atoms with Gasteiger partial charge in [0.05, 0.1) is 0 Å². The van der Waals surface area contributed by atoms with E-state index in [-0.39, 0.29) is 5.13 Å². The van der Waals surface area contributed by atoms with Crippen LogP contribution < -0.4 is 11.1 Å². The van der Waals surface area contributed by atoms with E-state index in [0.29, 0.717) is 11.4 Å². The molecule has 0 bridgehead atoms. The Morgan fingerprint density at radius 1 is 1.21 bits per heavy atom. The van der Waals surface area contributed by atoms with E-state index < -0.39 is 11.9 Å². The van der Waals surface area contributed by atoms with Gasteiger partial charge in [0, 0.05) is 16.8 Å². The molecule has 102 valence electrons. The van der Waals surface area contributed by atoms with E-state index in [2.05, 4.69) is 10.3 Å². The number of hydrogen-bond acceptors (Lipinski definition) is 4. The minimum absolute atomic E-state index is 0.208. The number of anilines is 3. The van der Waals surface area contributed by atoms with E-state index in [9.17, 15) is 13.2 Å². The summed E-state index contributed by atoms with van der Waals surface area (Å²) in [6.07, 6.45) is -4.41. The van der Waals surface area contributed by atoms with Gasteiger partial charge in [0.25, 0.3) is 0 Å². The number of halogens is 3. The molecular weight excluding hydrogens is 275 g/mol. The summed E-state index contributed by atoms with van der Waals surface area (Å²) in [6.45, 7) is 3.71. The van der Waals surface area contributed by atoms with Crippen molar-refractivity contribution in [3.8, 4) is 0 Å². The number of nitrogens with one attached hydrogen (secondary N) is 1. The van der Waals surface area contributed by atoms with E-state index in [1.165, 1.54) is 0 Å². The highest BCUT2D eigenvalue weighted by atomic mass is 32.1. The summed E-state index contributed by atoms with van der Waals surface area (Å²) in [7, 11) is 0. The highest BCUT2D eigenvalue weighted by molar-refractivity contribution is 7.13. The largest absolute Gasteiger partial charge is 0.434 e. The molecule has 1 aromatic carbocycles. The standard InChI is InChI=1S/C12H12F3N3S/c1-6-7(2)9(4-3-8(6)16)17-11-18-10(5-19-11)12(13,14)15/h3-5H,16H2,1-2H3,(H,17,18). The first-order valence-electron chi connectivity index (χ1n) is 5.44. The fourth-order valence-corrected chi connectivity index (χ4v) is 2.28. The van der Waals surface area contributed by atoms with Crippen LogP contribution in [0.15, 0.2) is 17.5 Å². The molecule has 1 aromatic heterocycles. The zero-order valence-electron chi connectivity index (χ0n) is 10.3. The maximum Gasteiger partial charge on any atom is 0.434 e. The molecule has 0 unspecified atom stereocenters. The van der Waals surface area contributed by atoms with Gasteiger partial charge in [0.1, 0.15) is 0 Å². The molecule has 1 heterocycles. The van der Waals surface area contributed by atoms with Gasteiger partial charge in [0.15, 0.2) is 10.8 Å². The summed E-state index contributed by atoms with van der Waals surface area (Å²) in [5.41, 5.74) is 8.02. The molecule has 0 saturated heterocycles. The molecule has 0 amide bonds. The van der Waals surface area contributed by atoms with Gasteiger partial charge >= 0.3 is 6.18 Å². The van der Waals surface area contributed by atoms with Crippen LogP contribution in [-0.4, -0.2) is 4.98 Å². The molecule has 0 aliphatic carbocycles. The molecule has 3 N–H and O–H groups in total. The quantitative estimate of drug-likeness (QED) is 0.817. The third kappa shape index (κ3) is 2.81. The number of alkyl halides is 3. The molecule has 3 nitrogen and oxygen atoms in total. The van der Waals surface area contributed by atoms with E-state index >= 15 is 0 Å². The van der Waals surface area contributed by atoms with Crippen molar-refractivity contribution in [3.63, 3.8) is 0 Å². The second kappa shape index (κ2) is 4.73. The topological polar surface area (TPSA) is 50.9 Å². The van der Waals surface area contributed by atoms with Crippen molar-refractivity contribution in [2.45, 2.75) is 20.0 Å². The van der Waals surface area contributed by atoms with Crippen LogP contribution in [0.3, 0.4) is 0 Å². The van der Waals surface area contributed by atoms with Crippen molar-refractivity contribution in [2.75, 3.05) is 11.1 Å². The van der Waals surface area contributed by atoms with Crippen molar-refractivity contribution in [2.24, 2.45) is 0 Å². The molecule has 0 aliphatic rings. The van der Waals surface area contributed by atoms with Crippen LogP contribution in [0.25, 0.3) is 0 Å². The minimum atomic E-state index is -4.41. The number of aromatic nitrogens is 1. The molecule has 0 radical (unpaired) electrons. The minimum Gasteiger partial charge on any atom is -0.399 e. The number of benzene rings is 1. The van der Waals surface area contributed by atoms with Crippen molar-refractivity contribution >= 4 is 27.8 Å². The number of nitrogen functional groups attached to an aromatic ring is 1. The zero-order chi connectivity index (χ0) is 14.2. The molecule has 2 rings (SSSR count). The predicted octanol–water partition coefficient (Wildman–Crippen LogP) is 4.10. The number of rotatable bonds is 2. The zero-order valence-corrected chi connectivity index (χ0v) is 11.1. The molecule has 0 fully saturated rings. The van der Waals surface area contributed by atoms with Crippen molar-refractivity contribution in [1.82, 2.24) is 4.98 Å². The first-order valence-corrected chi connectivity index (χ1v) is 6.32. The second-order valence-corrected chi connectivity index (χ2v) is 4.97. The van der Waals surface area contributed by atoms with Gasteiger partial charge < -0.3 is 11.1 Å². The van der Waals surface area contributed by atoms with Gasteiger partial charge in [-0.1, -0.05) is 0 Å². The van der Waals surface area contributed by atoms with Gasteiger partial charge in [-0.2, -0.15) is 13.2 Å². The lowest BCUT2D eigenvalue weighted by atomic mass is 10.1. The Hall–Kier alpha value is -1.76. The molecule has 0 atom stereocenters. The van der Waals surface area contributed by atoms with Crippen LogP contribution in [0.5, 0.6) is 0 Å². The summed E-state index contributed by atoms with van der Waals surface area (Å²) in [4.78, 5) is 3.52. The fourth-order valence-electron chi connectivity index (χ4n) is 1.55. The van der Waals surface area contributed by atoms with Crippen LogP contribution in [0.4, 0.5) is 29.7 Å². The van der Waals surface area contributed by atoms with Crippen LogP contribution in [-0.2, 0) is 6.18 Å². The monoisotopic (exact) mass is 287 g/mol. The molecule has 0 aliphatic heterocycles. The lowest BCUT2D eigenvalue weighted by Gasteiger charge is -2.11. The van der Waals surface area contributed by atoms with Crippen LogP contribution >= 0.6 is 11.3 Å². The number of nitrogens with two attached hydrogens (primary N) is 1. The van der Waals surface area contributed by atoms with Gasteiger partial charge in [-0.05, 0) is 37.1 Å². The number of hydrogen-bond donors (Lipinski definition) is 2. The van der Waals surface area contributed by atoms with E-state index in [1.54, 1.807) is 12.1 Å².